The van der Waals surface area contributed by atoms with Gasteiger partial charge in [0.15, 0.2) is 0 Å². The molecule has 0 radical (unpaired) electrons. The Morgan fingerprint density at radius 2 is 1.25 bits per heavy atom. The predicted octanol–water partition coefficient (Wildman–Crippen LogP) is 4.55. The van der Waals surface area contributed by atoms with Gasteiger partial charge in [-0.15, -0.1) is 0 Å². The zero-order chi connectivity index (χ0) is 11.3. The molecule has 2 aliphatic rings. The first kappa shape index (κ1) is 10.8. The van der Waals surface area contributed by atoms with E-state index in [9.17, 15) is 0 Å². The molecule has 0 fully saturated rings. The molecule has 0 spiro atoms. The van der Waals surface area contributed by atoms with Crippen molar-refractivity contribution in [3.8, 4) is 0 Å². The molecule has 86 valence electrons. The van der Waals surface area contributed by atoms with E-state index in [2.05, 4.69) is 29.8 Å². The van der Waals surface area contributed by atoms with Crippen LogP contribution in [0.15, 0.2) is 4.47 Å². The van der Waals surface area contributed by atoms with Crippen LogP contribution in [0.5, 0.6) is 0 Å². The highest BCUT2D eigenvalue weighted by Gasteiger charge is 2.28. The summed E-state index contributed by atoms with van der Waals surface area (Å²) in [5.41, 5.74) is 8.39. The fraction of sp³-hybridized carbons (Fsp3) is 0.600. The summed E-state index contributed by atoms with van der Waals surface area (Å²) in [4.78, 5) is 0. The summed E-state index contributed by atoms with van der Waals surface area (Å²) in [5, 5.41) is 0. The van der Waals surface area contributed by atoms with Gasteiger partial charge in [0.2, 0.25) is 0 Å². The number of hydrogen-bond acceptors (Lipinski definition) is 0. The Hall–Kier alpha value is -0.300. The summed E-state index contributed by atoms with van der Waals surface area (Å²) in [6.45, 7) is 4.72. The van der Waals surface area contributed by atoms with E-state index < -0.39 is 0 Å². The van der Waals surface area contributed by atoms with Gasteiger partial charge in [-0.25, -0.2) is 0 Å². The first-order valence-electron chi connectivity index (χ1n) is 6.55. The molecule has 0 unspecified atom stereocenters. The van der Waals surface area contributed by atoms with E-state index in [0.29, 0.717) is 5.92 Å². The van der Waals surface area contributed by atoms with Crippen LogP contribution in [-0.2, 0) is 25.7 Å². The highest BCUT2D eigenvalue weighted by atomic mass is 79.9. The molecule has 2 aliphatic carbocycles. The molecule has 0 aromatic heterocycles. The standard InChI is InChI=1S/C15H19Br/c1-9(2)14-10-5-3-7-12(10)15(16)13-8-4-6-11(13)14/h9H,3-8H2,1-2H3. The molecule has 1 heteroatoms. The van der Waals surface area contributed by atoms with Crippen LogP contribution >= 0.6 is 15.9 Å². The van der Waals surface area contributed by atoms with Crippen molar-refractivity contribution < 1.29 is 0 Å². The highest BCUT2D eigenvalue weighted by molar-refractivity contribution is 9.10. The molecule has 0 heterocycles. The van der Waals surface area contributed by atoms with Crippen LogP contribution in [-0.4, -0.2) is 0 Å². The van der Waals surface area contributed by atoms with E-state index >= 15 is 0 Å². The minimum atomic E-state index is 0.701. The highest BCUT2D eigenvalue weighted by Crippen LogP contribution is 2.43. The van der Waals surface area contributed by atoms with E-state index in [1.54, 1.807) is 27.8 Å². The largest absolute Gasteiger partial charge is 0.0587 e. The van der Waals surface area contributed by atoms with Gasteiger partial charge in [0, 0.05) is 4.47 Å². The zero-order valence-corrected chi connectivity index (χ0v) is 11.8. The van der Waals surface area contributed by atoms with Gasteiger partial charge in [-0.3, -0.25) is 0 Å². The van der Waals surface area contributed by atoms with Crippen molar-refractivity contribution >= 4 is 15.9 Å². The van der Waals surface area contributed by atoms with Crippen molar-refractivity contribution in [2.45, 2.75) is 58.3 Å². The lowest BCUT2D eigenvalue weighted by Crippen LogP contribution is -2.04. The average Bonchev–Trinajstić information content (AvgIpc) is 2.84. The van der Waals surface area contributed by atoms with E-state index in [-0.39, 0.29) is 0 Å². The average molecular weight is 279 g/mol. The summed E-state index contributed by atoms with van der Waals surface area (Å²) in [6.07, 6.45) is 7.93. The maximum Gasteiger partial charge on any atom is 0.0245 e. The topological polar surface area (TPSA) is 0 Å². The van der Waals surface area contributed by atoms with Crippen LogP contribution in [0.4, 0.5) is 0 Å². The second-order valence-electron chi connectivity index (χ2n) is 5.50. The van der Waals surface area contributed by atoms with Crippen molar-refractivity contribution in [2.75, 3.05) is 0 Å². The first-order valence-corrected chi connectivity index (χ1v) is 7.34. The second kappa shape index (κ2) is 3.87. The predicted molar refractivity (Wildman–Crippen MR) is 72.3 cm³/mol. The summed E-state index contributed by atoms with van der Waals surface area (Å²) in [6, 6.07) is 0. The molecule has 0 atom stereocenters. The van der Waals surface area contributed by atoms with Crippen LogP contribution in [0.2, 0.25) is 0 Å². The van der Waals surface area contributed by atoms with Gasteiger partial charge in [0.25, 0.3) is 0 Å². The second-order valence-corrected chi connectivity index (χ2v) is 6.30. The third-order valence-electron chi connectivity index (χ3n) is 4.19. The number of halogens is 1. The minimum absolute atomic E-state index is 0.701. The molecular weight excluding hydrogens is 260 g/mol. The zero-order valence-electron chi connectivity index (χ0n) is 10.2. The number of rotatable bonds is 1. The Balaban J connectivity index is 2.31. The van der Waals surface area contributed by atoms with E-state index in [4.69, 9.17) is 0 Å². The van der Waals surface area contributed by atoms with Gasteiger partial charge < -0.3 is 0 Å². The normalized spacial score (nSPS) is 18.0. The molecule has 16 heavy (non-hydrogen) atoms. The maximum atomic E-state index is 3.87. The van der Waals surface area contributed by atoms with Crippen molar-refractivity contribution in [3.63, 3.8) is 0 Å². The maximum absolute atomic E-state index is 3.87. The van der Waals surface area contributed by atoms with E-state index in [0.717, 1.165) is 0 Å². The Morgan fingerprint density at radius 3 is 1.69 bits per heavy atom. The van der Waals surface area contributed by atoms with Crippen molar-refractivity contribution in [1.29, 1.82) is 0 Å². The minimum Gasteiger partial charge on any atom is -0.0587 e. The van der Waals surface area contributed by atoms with Gasteiger partial charge in [-0.1, -0.05) is 29.8 Å². The number of benzene rings is 1. The first-order chi connectivity index (χ1) is 7.70. The van der Waals surface area contributed by atoms with Gasteiger partial charge in [-0.2, -0.15) is 0 Å². The molecule has 0 saturated heterocycles. The summed E-state index contributed by atoms with van der Waals surface area (Å²) in [5.74, 6) is 0.701. The van der Waals surface area contributed by atoms with Gasteiger partial charge in [0.05, 0.1) is 0 Å². The summed E-state index contributed by atoms with van der Waals surface area (Å²) in [7, 11) is 0. The Kier molecular flexibility index (Phi) is 2.62. The van der Waals surface area contributed by atoms with Crippen LogP contribution in [0.3, 0.4) is 0 Å². The van der Waals surface area contributed by atoms with Crippen LogP contribution in [0, 0.1) is 0 Å². The Morgan fingerprint density at radius 1 is 0.812 bits per heavy atom. The van der Waals surface area contributed by atoms with E-state index in [1.807, 2.05) is 0 Å². The molecule has 3 rings (SSSR count). The van der Waals surface area contributed by atoms with Crippen molar-refractivity contribution in [2.24, 2.45) is 0 Å². The van der Waals surface area contributed by atoms with Crippen LogP contribution in [0.1, 0.15) is 60.4 Å². The molecule has 0 aliphatic heterocycles. The third kappa shape index (κ3) is 1.40. The van der Waals surface area contributed by atoms with Crippen LogP contribution in [0.25, 0.3) is 0 Å². The Labute approximate surface area is 107 Å². The number of fused-ring (bicyclic) bond motifs is 2. The van der Waals surface area contributed by atoms with Gasteiger partial charge in [-0.05, 0) is 72.3 Å². The number of hydrogen-bond donors (Lipinski definition) is 0. The molecule has 0 amide bonds. The van der Waals surface area contributed by atoms with Crippen molar-refractivity contribution in [1.82, 2.24) is 0 Å². The Bertz CT molecular complexity index is 408. The monoisotopic (exact) mass is 278 g/mol. The molecule has 0 bridgehead atoms. The van der Waals surface area contributed by atoms with Crippen LogP contribution < -0.4 is 0 Å². The molecular formula is C15H19Br. The van der Waals surface area contributed by atoms with Crippen molar-refractivity contribution in [3.05, 3.63) is 32.3 Å². The van der Waals surface area contributed by atoms with E-state index in [1.165, 1.54) is 43.0 Å². The van der Waals surface area contributed by atoms with Gasteiger partial charge >= 0.3 is 0 Å². The lowest BCUT2D eigenvalue weighted by atomic mass is 9.87. The lowest BCUT2D eigenvalue weighted by molar-refractivity contribution is 0.816. The molecule has 1 aromatic rings. The molecule has 0 nitrogen and oxygen atoms in total. The fourth-order valence-corrected chi connectivity index (χ4v) is 4.50. The molecule has 0 N–H and O–H groups in total. The molecule has 1 aromatic carbocycles. The summed E-state index contributed by atoms with van der Waals surface area (Å²) >= 11 is 3.87. The summed E-state index contributed by atoms with van der Waals surface area (Å²) < 4.78 is 1.47. The fourth-order valence-electron chi connectivity index (χ4n) is 3.63. The quantitative estimate of drug-likeness (QED) is 0.707. The third-order valence-corrected chi connectivity index (χ3v) is 5.15. The SMILES string of the molecule is CC(C)c1c2c(c(Br)c3c1CCC3)CCC2. The van der Waals surface area contributed by atoms with Gasteiger partial charge in [0.1, 0.15) is 0 Å². The smallest absolute Gasteiger partial charge is 0.0245 e. The lowest BCUT2D eigenvalue weighted by Gasteiger charge is -2.19. The molecule has 0 saturated carbocycles.